The summed E-state index contributed by atoms with van der Waals surface area (Å²) in [5.41, 5.74) is 4.37. The van der Waals surface area contributed by atoms with E-state index in [2.05, 4.69) is 46.9 Å². The van der Waals surface area contributed by atoms with Crippen LogP contribution in [-0.4, -0.2) is 43.2 Å². The third kappa shape index (κ3) is 3.78. The van der Waals surface area contributed by atoms with E-state index >= 15 is 0 Å². The highest BCUT2D eigenvalue weighted by molar-refractivity contribution is 5.82. The molecule has 32 heavy (non-hydrogen) atoms. The van der Waals surface area contributed by atoms with Crippen molar-refractivity contribution in [2.75, 3.05) is 13.1 Å². The van der Waals surface area contributed by atoms with Gasteiger partial charge in [-0.1, -0.05) is 37.3 Å². The van der Waals surface area contributed by atoms with Crippen molar-refractivity contribution in [2.24, 2.45) is 0 Å². The molecule has 0 spiro atoms. The molecule has 1 fully saturated rings. The first-order valence-electron chi connectivity index (χ1n) is 11.8. The molecule has 166 valence electrons. The number of amides is 1. The molecule has 2 aromatic carbocycles. The molecular formula is C26H31N5O. The van der Waals surface area contributed by atoms with E-state index in [1.807, 2.05) is 34.7 Å². The number of carbonyl (C=O) groups is 1. The number of aromatic nitrogens is 4. The number of piperidine rings is 1. The Morgan fingerprint density at radius 1 is 1.06 bits per heavy atom. The van der Waals surface area contributed by atoms with Crippen LogP contribution in [-0.2, 0) is 17.9 Å². The summed E-state index contributed by atoms with van der Waals surface area (Å²) in [4.78, 5) is 20.2. The summed E-state index contributed by atoms with van der Waals surface area (Å²) >= 11 is 0. The monoisotopic (exact) mass is 429 g/mol. The number of aryl methyl sites for hydroxylation is 3. The molecule has 1 unspecified atom stereocenters. The molecule has 1 atom stereocenters. The standard InChI is InChI=1S/C26H31N5O/c1-3-15-30-24-13-7-5-11-22(24)27-26(30)20-9-8-16-29(18-20)25(32)14-17-31-23-12-6-4-10-21(23)19(2)28-31/h4-7,10-13,20H,3,8-9,14-18H2,1-2H3. The predicted octanol–water partition coefficient (Wildman–Crippen LogP) is 4.90. The van der Waals surface area contributed by atoms with Crippen molar-refractivity contribution in [3.05, 3.63) is 60.0 Å². The maximum Gasteiger partial charge on any atom is 0.224 e. The highest BCUT2D eigenvalue weighted by Crippen LogP contribution is 2.30. The lowest BCUT2D eigenvalue weighted by Crippen LogP contribution is -2.40. The Hall–Kier alpha value is -3.15. The van der Waals surface area contributed by atoms with Gasteiger partial charge in [0.2, 0.25) is 5.91 Å². The van der Waals surface area contributed by atoms with Crippen molar-refractivity contribution >= 4 is 27.8 Å². The normalized spacial score (nSPS) is 16.8. The summed E-state index contributed by atoms with van der Waals surface area (Å²) in [5, 5.41) is 5.82. The van der Waals surface area contributed by atoms with Gasteiger partial charge in [-0.2, -0.15) is 5.10 Å². The Kier molecular flexibility index (Phi) is 5.68. The quantitative estimate of drug-likeness (QED) is 0.438. The van der Waals surface area contributed by atoms with Crippen molar-refractivity contribution in [3.8, 4) is 0 Å². The van der Waals surface area contributed by atoms with Crippen molar-refractivity contribution in [2.45, 2.75) is 58.5 Å². The molecule has 0 radical (unpaired) electrons. The summed E-state index contributed by atoms with van der Waals surface area (Å²) in [6.07, 6.45) is 3.65. The average molecular weight is 430 g/mol. The summed E-state index contributed by atoms with van der Waals surface area (Å²) in [6, 6.07) is 16.6. The van der Waals surface area contributed by atoms with Crippen LogP contribution in [0.25, 0.3) is 21.9 Å². The van der Waals surface area contributed by atoms with Gasteiger partial charge < -0.3 is 9.47 Å². The molecule has 1 saturated heterocycles. The zero-order valence-corrected chi connectivity index (χ0v) is 19.0. The third-order valence-electron chi connectivity index (χ3n) is 6.65. The van der Waals surface area contributed by atoms with Crippen LogP contribution in [0.3, 0.4) is 0 Å². The van der Waals surface area contributed by atoms with E-state index in [-0.39, 0.29) is 5.91 Å². The van der Waals surface area contributed by atoms with Gasteiger partial charge in [0.15, 0.2) is 0 Å². The minimum atomic E-state index is 0.213. The van der Waals surface area contributed by atoms with Crippen LogP contribution in [0.1, 0.15) is 50.0 Å². The van der Waals surface area contributed by atoms with E-state index in [1.54, 1.807) is 0 Å². The number of likely N-dealkylation sites (tertiary alicyclic amines) is 1. The van der Waals surface area contributed by atoms with Crippen LogP contribution >= 0.6 is 0 Å². The van der Waals surface area contributed by atoms with Crippen molar-refractivity contribution < 1.29 is 4.79 Å². The lowest BCUT2D eigenvalue weighted by Gasteiger charge is -2.33. The second-order valence-corrected chi connectivity index (χ2v) is 8.86. The van der Waals surface area contributed by atoms with E-state index in [4.69, 9.17) is 4.98 Å². The number of para-hydroxylation sites is 3. The number of hydrogen-bond donors (Lipinski definition) is 0. The molecule has 2 aromatic heterocycles. The lowest BCUT2D eigenvalue weighted by molar-refractivity contribution is -0.132. The van der Waals surface area contributed by atoms with Crippen LogP contribution in [0.2, 0.25) is 0 Å². The fourth-order valence-electron chi connectivity index (χ4n) is 5.10. The number of hydrogen-bond acceptors (Lipinski definition) is 3. The number of fused-ring (bicyclic) bond motifs is 2. The largest absolute Gasteiger partial charge is 0.342 e. The molecule has 0 aliphatic carbocycles. The zero-order valence-electron chi connectivity index (χ0n) is 19.0. The molecule has 1 amide bonds. The van der Waals surface area contributed by atoms with Gasteiger partial charge in [-0.3, -0.25) is 9.48 Å². The van der Waals surface area contributed by atoms with E-state index in [9.17, 15) is 4.79 Å². The van der Waals surface area contributed by atoms with Crippen LogP contribution < -0.4 is 0 Å². The summed E-state index contributed by atoms with van der Waals surface area (Å²) in [7, 11) is 0. The number of imidazole rings is 1. The predicted molar refractivity (Wildman–Crippen MR) is 128 cm³/mol. The Morgan fingerprint density at radius 3 is 2.69 bits per heavy atom. The van der Waals surface area contributed by atoms with E-state index in [0.717, 1.165) is 66.8 Å². The molecule has 3 heterocycles. The number of benzene rings is 2. The summed E-state index contributed by atoms with van der Waals surface area (Å²) in [5.74, 6) is 1.64. The SMILES string of the molecule is CCCn1c(C2CCCN(C(=O)CCn3nc(C)c4ccccc43)C2)nc2ccccc21. The fourth-order valence-corrected chi connectivity index (χ4v) is 5.10. The second kappa shape index (κ2) is 8.77. The van der Waals surface area contributed by atoms with Crippen LogP contribution in [0.15, 0.2) is 48.5 Å². The van der Waals surface area contributed by atoms with Crippen LogP contribution in [0.5, 0.6) is 0 Å². The van der Waals surface area contributed by atoms with Crippen molar-refractivity contribution in [3.63, 3.8) is 0 Å². The van der Waals surface area contributed by atoms with Crippen molar-refractivity contribution in [1.82, 2.24) is 24.2 Å². The molecule has 1 aliphatic rings. The number of carbonyl (C=O) groups excluding carboxylic acids is 1. The smallest absolute Gasteiger partial charge is 0.224 e. The Bertz CT molecular complexity index is 1250. The Labute approximate surface area is 188 Å². The molecule has 6 heteroatoms. The van der Waals surface area contributed by atoms with Gasteiger partial charge in [-0.25, -0.2) is 4.98 Å². The van der Waals surface area contributed by atoms with E-state index in [0.29, 0.717) is 18.9 Å². The summed E-state index contributed by atoms with van der Waals surface area (Å²) in [6.45, 7) is 7.40. The first-order chi connectivity index (χ1) is 15.7. The van der Waals surface area contributed by atoms with Gasteiger partial charge >= 0.3 is 0 Å². The number of nitrogens with zero attached hydrogens (tertiary/aromatic N) is 5. The zero-order chi connectivity index (χ0) is 22.1. The van der Waals surface area contributed by atoms with Gasteiger partial charge in [0.05, 0.1) is 28.8 Å². The van der Waals surface area contributed by atoms with Crippen molar-refractivity contribution in [1.29, 1.82) is 0 Å². The number of rotatable bonds is 6. The molecule has 1 aliphatic heterocycles. The van der Waals surface area contributed by atoms with Gasteiger partial charge in [-0.15, -0.1) is 0 Å². The van der Waals surface area contributed by atoms with Gasteiger partial charge in [0.25, 0.3) is 0 Å². The van der Waals surface area contributed by atoms with E-state index < -0.39 is 0 Å². The maximum absolute atomic E-state index is 13.1. The third-order valence-corrected chi connectivity index (χ3v) is 6.65. The average Bonchev–Trinajstić information content (AvgIpc) is 3.36. The minimum absolute atomic E-state index is 0.213. The molecule has 0 saturated carbocycles. The maximum atomic E-state index is 13.1. The first kappa shape index (κ1) is 20.7. The van der Waals surface area contributed by atoms with Crippen LogP contribution in [0, 0.1) is 6.92 Å². The highest BCUT2D eigenvalue weighted by Gasteiger charge is 2.28. The molecule has 4 aromatic rings. The summed E-state index contributed by atoms with van der Waals surface area (Å²) < 4.78 is 4.34. The molecule has 0 bridgehead atoms. The molecule has 0 N–H and O–H groups in total. The van der Waals surface area contributed by atoms with Crippen LogP contribution in [0.4, 0.5) is 0 Å². The molecule has 5 rings (SSSR count). The highest BCUT2D eigenvalue weighted by atomic mass is 16.2. The first-order valence-corrected chi connectivity index (χ1v) is 11.8. The van der Waals surface area contributed by atoms with E-state index in [1.165, 1.54) is 5.52 Å². The van der Waals surface area contributed by atoms with Gasteiger partial charge in [0, 0.05) is 37.4 Å². The lowest BCUT2D eigenvalue weighted by atomic mass is 9.96. The topological polar surface area (TPSA) is 56.0 Å². The minimum Gasteiger partial charge on any atom is -0.342 e. The molecule has 6 nitrogen and oxygen atoms in total. The molecular weight excluding hydrogens is 398 g/mol. The Morgan fingerprint density at radius 2 is 1.84 bits per heavy atom. The Balaban J connectivity index is 1.31. The van der Waals surface area contributed by atoms with Gasteiger partial charge in [-0.05, 0) is 44.4 Å². The van der Waals surface area contributed by atoms with Gasteiger partial charge in [0.1, 0.15) is 5.82 Å². The fraction of sp³-hybridized carbons (Fsp3) is 0.423. The second-order valence-electron chi connectivity index (χ2n) is 8.86.